The lowest BCUT2D eigenvalue weighted by atomic mass is 10.2. The molecule has 3 aromatic rings. The number of nitrogens with one attached hydrogen (secondary N) is 1. The summed E-state index contributed by atoms with van der Waals surface area (Å²) in [5.74, 6) is 0.543. The number of hydrogen-bond donors (Lipinski definition) is 1. The molecular weight excluding hydrogens is 372 g/mol. The number of benzene rings is 2. The molecule has 2 heterocycles. The second-order valence-electron chi connectivity index (χ2n) is 6.97. The number of nitrogens with zero attached hydrogens (tertiary/aromatic N) is 4. The van der Waals surface area contributed by atoms with Crippen molar-refractivity contribution in [3.63, 3.8) is 0 Å². The Balaban J connectivity index is 1.68. The van der Waals surface area contributed by atoms with Gasteiger partial charge >= 0.3 is 0 Å². The molecule has 1 saturated heterocycles. The normalized spacial score (nSPS) is 14.8. The summed E-state index contributed by atoms with van der Waals surface area (Å²) < 4.78 is 27.4. The molecule has 0 radical (unpaired) electrons. The van der Waals surface area contributed by atoms with E-state index >= 15 is 0 Å². The Morgan fingerprint density at radius 2 is 1.69 bits per heavy atom. The van der Waals surface area contributed by atoms with Gasteiger partial charge in [-0.2, -0.15) is 0 Å². The molecule has 150 valence electrons. The van der Waals surface area contributed by atoms with Crippen molar-refractivity contribution in [2.45, 2.75) is 6.92 Å². The van der Waals surface area contributed by atoms with Crippen LogP contribution in [0.2, 0.25) is 0 Å². The molecule has 0 amide bonds. The molecule has 1 aliphatic heterocycles. The predicted molar refractivity (Wildman–Crippen MR) is 111 cm³/mol. The van der Waals surface area contributed by atoms with Crippen LogP contribution in [0, 0.1) is 11.6 Å². The summed E-state index contributed by atoms with van der Waals surface area (Å²) in [5.41, 5.74) is 1.05. The van der Waals surface area contributed by atoms with Gasteiger partial charge in [0.15, 0.2) is 5.82 Å². The topological polar surface area (TPSA) is 44.3 Å². The van der Waals surface area contributed by atoms with Crippen LogP contribution in [-0.2, 0) is 0 Å². The summed E-state index contributed by atoms with van der Waals surface area (Å²) in [6.45, 7) is 6.86. The third kappa shape index (κ3) is 4.51. The molecule has 0 aliphatic carbocycles. The number of hydrogen-bond acceptors (Lipinski definition) is 5. The molecule has 0 saturated carbocycles. The summed E-state index contributed by atoms with van der Waals surface area (Å²) in [6, 6.07) is 14.9. The molecule has 1 aliphatic rings. The molecule has 0 spiro atoms. The Labute approximate surface area is 169 Å². The van der Waals surface area contributed by atoms with Crippen molar-refractivity contribution in [2.75, 3.05) is 42.9 Å². The Kier molecular flexibility index (Phi) is 5.67. The van der Waals surface area contributed by atoms with Crippen LogP contribution in [0.4, 0.5) is 26.1 Å². The number of anilines is 3. The highest BCUT2D eigenvalue weighted by atomic mass is 19.1. The highest BCUT2D eigenvalue weighted by Gasteiger charge is 2.19. The average molecular weight is 395 g/mol. The number of piperazine rings is 1. The third-order valence-corrected chi connectivity index (χ3v) is 5.08. The smallest absolute Gasteiger partial charge is 0.163 e. The summed E-state index contributed by atoms with van der Waals surface area (Å²) in [7, 11) is 0. The Morgan fingerprint density at radius 3 is 2.38 bits per heavy atom. The van der Waals surface area contributed by atoms with Gasteiger partial charge in [-0.05, 0) is 18.7 Å². The van der Waals surface area contributed by atoms with E-state index in [4.69, 9.17) is 4.98 Å². The summed E-state index contributed by atoms with van der Waals surface area (Å²) in [5, 5.41) is 2.98. The molecule has 2 aromatic carbocycles. The quantitative estimate of drug-likeness (QED) is 0.698. The predicted octanol–water partition coefficient (Wildman–Crippen LogP) is 4.31. The number of halogens is 2. The van der Waals surface area contributed by atoms with Gasteiger partial charge in [-0.1, -0.05) is 37.3 Å². The Morgan fingerprint density at radius 1 is 0.931 bits per heavy atom. The van der Waals surface area contributed by atoms with Crippen LogP contribution >= 0.6 is 0 Å². The maximum absolute atomic E-state index is 14.1. The zero-order valence-electron chi connectivity index (χ0n) is 16.3. The molecule has 4 rings (SSSR count). The van der Waals surface area contributed by atoms with Crippen molar-refractivity contribution in [1.82, 2.24) is 14.9 Å². The molecule has 29 heavy (non-hydrogen) atoms. The van der Waals surface area contributed by atoms with E-state index in [1.807, 2.05) is 36.4 Å². The van der Waals surface area contributed by atoms with E-state index < -0.39 is 11.6 Å². The van der Waals surface area contributed by atoms with Crippen LogP contribution in [-0.4, -0.2) is 47.6 Å². The van der Waals surface area contributed by atoms with Crippen LogP contribution in [0.3, 0.4) is 0 Å². The molecule has 1 aromatic heterocycles. The first kappa shape index (κ1) is 19.3. The summed E-state index contributed by atoms with van der Waals surface area (Å²) >= 11 is 0. The van der Waals surface area contributed by atoms with Gasteiger partial charge in [-0.15, -0.1) is 0 Å². The van der Waals surface area contributed by atoms with Gasteiger partial charge < -0.3 is 15.1 Å². The van der Waals surface area contributed by atoms with Crippen LogP contribution in [0.15, 0.2) is 54.6 Å². The molecule has 1 fully saturated rings. The SMILES string of the molecule is CCN1CCN(c2cc(Nc3ccc(F)cc3F)nc(-c3ccccc3)n2)CC1. The molecule has 0 bridgehead atoms. The highest BCUT2D eigenvalue weighted by molar-refractivity contribution is 5.65. The number of aromatic nitrogens is 2. The lowest BCUT2D eigenvalue weighted by molar-refractivity contribution is 0.270. The highest BCUT2D eigenvalue weighted by Crippen LogP contribution is 2.26. The van der Waals surface area contributed by atoms with E-state index in [1.165, 1.54) is 12.1 Å². The zero-order chi connectivity index (χ0) is 20.2. The van der Waals surface area contributed by atoms with Crippen LogP contribution in [0.25, 0.3) is 11.4 Å². The lowest BCUT2D eigenvalue weighted by Crippen LogP contribution is -2.46. The van der Waals surface area contributed by atoms with Gasteiger partial charge in [-0.25, -0.2) is 18.7 Å². The Hall–Kier alpha value is -3.06. The van der Waals surface area contributed by atoms with Gasteiger partial charge in [0, 0.05) is 43.9 Å². The van der Waals surface area contributed by atoms with E-state index in [-0.39, 0.29) is 5.69 Å². The first-order chi connectivity index (χ1) is 14.1. The average Bonchev–Trinajstić information content (AvgIpc) is 2.76. The van der Waals surface area contributed by atoms with E-state index in [9.17, 15) is 8.78 Å². The zero-order valence-corrected chi connectivity index (χ0v) is 16.3. The monoisotopic (exact) mass is 395 g/mol. The first-order valence-electron chi connectivity index (χ1n) is 9.76. The second-order valence-corrected chi connectivity index (χ2v) is 6.97. The van der Waals surface area contributed by atoms with E-state index in [0.717, 1.165) is 50.2 Å². The van der Waals surface area contributed by atoms with Gasteiger partial charge in [-0.3, -0.25) is 0 Å². The number of rotatable bonds is 5. The molecule has 1 N–H and O–H groups in total. The molecular formula is C22H23F2N5. The van der Waals surface area contributed by atoms with Crippen molar-refractivity contribution in [3.05, 3.63) is 66.2 Å². The fourth-order valence-electron chi connectivity index (χ4n) is 3.40. The van der Waals surface area contributed by atoms with Crippen molar-refractivity contribution in [2.24, 2.45) is 0 Å². The standard InChI is InChI=1S/C22H23F2N5/c1-2-28-10-12-29(13-11-28)21-15-20(25-19-9-8-17(23)14-18(19)24)26-22(27-21)16-6-4-3-5-7-16/h3-9,14-15H,2,10-13H2,1H3,(H,25,26,27). The third-order valence-electron chi connectivity index (χ3n) is 5.08. The van der Waals surface area contributed by atoms with Crippen molar-refractivity contribution in [1.29, 1.82) is 0 Å². The molecule has 0 atom stereocenters. The van der Waals surface area contributed by atoms with Crippen LogP contribution in [0.5, 0.6) is 0 Å². The summed E-state index contributed by atoms with van der Waals surface area (Å²) in [6.07, 6.45) is 0. The van der Waals surface area contributed by atoms with Crippen molar-refractivity contribution < 1.29 is 8.78 Å². The van der Waals surface area contributed by atoms with Gasteiger partial charge in [0.1, 0.15) is 23.3 Å². The molecule has 5 nitrogen and oxygen atoms in total. The number of likely N-dealkylation sites (N-methyl/N-ethyl adjacent to an activating group) is 1. The largest absolute Gasteiger partial charge is 0.354 e. The van der Waals surface area contributed by atoms with Crippen molar-refractivity contribution >= 4 is 17.3 Å². The minimum atomic E-state index is -0.664. The van der Waals surface area contributed by atoms with Gasteiger partial charge in [0.05, 0.1) is 5.69 Å². The molecule has 7 heteroatoms. The minimum Gasteiger partial charge on any atom is -0.354 e. The van der Waals surface area contributed by atoms with Gasteiger partial charge in [0.25, 0.3) is 0 Å². The minimum absolute atomic E-state index is 0.172. The summed E-state index contributed by atoms with van der Waals surface area (Å²) in [4.78, 5) is 13.9. The Bertz CT molecular complexity index is 972. The maximum Gasteiger partial charge on any atom is 0.163 e. The maximum atomic E-state index is 14.1. The molecule has 0 unspecified atom stereocenters. The second kappa shape index (κ2) is 8.53. The van der Waals surface area contributed by atoms with Crippen LogP contribution < -0.4 is 10.2 Å². The van der Waals surface area contributed by atoms with Gasteiger partial charge in [0.2, 0.25) is 0 Å². The fraction of sp³-hybridized carbons (Fsp3) is 0.273. The van der Waals surface area contributed by atoms with E-state index in [0.29, 0.717) is 11.6 Å². The van der Waals surface area contributed by atoms with Crippen LogP contribution in [0.1, 0.15) is 6.92 Å². The first-order valence-corrected chi connectivity index (χ1v) is 9.76. The van der Waals surface area contributed by atoms with E-state index in [2.05, 4.69) is 27.0 Å². The fourth-order valence-corrected chi connectivity index (χ4v) is 3.40. The van der Waals surface area contributed by atoms with Crippen molar-refractivity contribution in [3.8, 4) is 11.4 Å². The lowest BCUT2D eigenvalue weighted by Gasteiger charge is -2.35. The van der Waals surface area contributed by atoms with E-state index in [1.54, 1.807) is 0 Å².